The standard InChI is InChI=1S/C13H13N5OS/c14-9-1-2-10-11(7-9)20-13(16-10)17-12(19)3-5-18-6-4-15-8-18/h1-2,4,6-8H,3,5,14H2,(H,16,17,19). The second-order valence-electron chi connectivity index (χ2n) is 4.34. The van der Waals surface area contributed by atoms with E-state index in [4.69, 9.17) is 5.73 Å². The molecule has 20 heavy (non-hydrogen) atoms. The highest BCUT2D eigenvalue weighted by Gasteiger charge is 2.08. The maximum atomic E-state index is 11.8. The molecule has 0 radical (unpaired) electrons. The Labute approximate surface area is 119 Å². The minimum atomic E-state index is -0.0641. The van der Waals surface area contributed by atoms with Crippen LogP contribution in [0.25, 0.3) is 10.2 Å². The van der Waals surface area contributed by atoms with Crippen LogP contribution in [0.2, 0.25) is 0 Å². The lowest BCUT2D eigenvalue weighted by Gasteiger charge is -2.02. The van der Waals surface area contributed by atoms with Crippen LogP contribution < -0.4 is 11.1 Å². The van der Waals surface area contributed by atoms with Crippen LogP contribution in [0.5, 0.6) is 0 Å². The van der Waals surface area contributed by atoms with Crippen molar-refractivity contribution < 1.29 is 4.79 Å². The van der Waals surface area contributed by atoms with Crippen LogP contribution in [0.1, 0.15) is 6.42 Å². The average molecular weight is 287 g/mol. The lowest BCUT2D eigenvalue weighted by Crippen LogP contribution is -2.13. The number of benzene rings is 1. The number of fused-ring (bicyclic) bond motifs is 1. The molecule has 0 bridgehead atoms. The monoisotopic (exact) mass is 287 g/mol. The minimum absolute atomic E-state index is 0.0641. The molecule has 3 aromatic rings. The van der Waals surface area contributed by atoms with E-state index in [9.17, 15) is 4.79 Å². The number of anilines is 2. The number of carbonyl (C=O) groups is 1. The molecule has 0 aliphatic heterocycles. The summed E-state index contributed by atoms with van der Waals surface area (Å²) >= 11 is 1.42. The molecular weight excluding hydrogens is 274 g/mol. The average Bonchev–Trinajstić information content (AvgIpc) is 3.04. The molecule has 2 heterocycles. The molecule has 0 aliphatic rings. The number of nitrogen functional groups attached to an aromatic ring is 1. The van der Waals surface area contributed by atoms with Crippen molar-refractivity contribution in [2.75, 3.05) is 11.1 Å². The van der Waals surface area contributed by atoms with E-state index >= 15 is 0 Å². The molecule has 6 nitrogen and oxygen atoms in total. The third-order valence-electron chi connectivity index (χ3n) is 2.82. The van der Waals surface area contributed by atoms with Crippen molar-refractivity contribution in [1.82, 2.24) is 14.5 Å². The summed E-state index contributed by atoms with van der Waals surface area (Å²) in [7, 11) is 0. The third-order valence-corrected chi connectivity index (χ3v) is 3.75. The van der Waals surface area contributed by atoms with Crippen LogP contribution >= 0.6 is 11.3 Å². The van der Waals surface area contributed by atoms with Gasteiger partial charge >= 0.3 is 0 Å². The van der Waals surface area contributed by atoms with E-state index in [-0.39, 0.29) is 5.91 Å². The van der Waals surface area contributed by atoms with Gasteiger partial charge in [0.25, 0.3) is 0 Å². The Bertz CT molecular complexity index is 734. The molecule has 2 aromatic heterocycles. The Morgan fingerprint density at radius 1 is 1.45 bits per heavy atom. The van der Waals surface area contributed by atoms with Gasteiger partial charge in [-0.3, -0.25) is 4.79 Å². The summed E-state index contributed by atoms with van der Waals surface area (Å²) in [6, 6.07) is 5.50. The number of carbonyl (C=O) groups excluding carboxylic acids is 1. The van der Waals surface area contributed by atoms with Crippen molar-refractivity contribution in [3.63, 3.8) is 0 Å². The second kappa shape index (κ2) is 5.30. The van der Waals surface area contributed by atoms with Gasteiger partial charge < -0.3 is 15.6 Å². The zero-order valence-corrected chi connectivity index (χ0v) is 11.4. The Morgan fingerprint density at radius 2 is 2.35 bits per heavy atom. The number of hydrogen-bond donors (Lipinski definition) is 2. The lowest BCUT2D eigenvalue weighted by molar-refractivity contribution is -0.116. The molecule has 3 rings (SSSR count). The molecule has 0 aliphatic carbocycles. The normalized spacial score (nSPS) is 10.8. The number of hydrogen-bond acceptors (Lipinski definition) is 5. The first-order valence-electron chi connectivity index (χ1n) is 6.12. The third kappa shape index (κ3) is 2.77. The Hall–Kier alpha value is -2.41. The van der Waals surface area contributed by atoms with Crippen molar-refractivity contribution in [1.29, 1.82) is 0 Å². The summed E-state index contributed by atoms with van der Waals surface area (Å²) in [5.41, 5.74) is 7.25. The van der Waals surface area contributed by atoms with Crippen LogP contribution in [0.15, 0.2) is 36.9 Å². The number of thiazole rings is 1. The summed E-state index contributed by atoms with van der Waals surface area (Å²) in [5.74, 6) is -0.0641. The Morgan fingerprint density at radius 3 is 3.15 bits per heavy atom. The fourth-order valence-electron chi connectivity index (χ4n) is 1.83. The van der Waals surface area contributed by atoms with E-state index < -0.39 is 0 Å². The highest BCUT2D eigenvalue weighted by molar-refractivity contribution is 7.22. The number of aryl methyl sites for hydroxylation is 1. The van der Waals surface area contributed by atoms with E-state index in [1.165, 1.54) is 11.3 Å². The summed E-state index contributed by atoms with van der Waals surface area (Å²) in [6.45, 7) is 0.601. The van der Waals surface area contributed by atoms with E-state index in [1.54, 1.807) is 18.6 Å². The first kappa shape index (κ1) is 12.6. The van der Waals surface area contributed by atoms with Gasteiger partial charge in [0.2, 0.25) is 5.91 Å². The summed E-state index contributed by atoms with van der Waals surface area (Å²) in [4.78, 5) is 20.1. The van der Waals surface area contributed by atoms with Crippen LogP contribution in [0, 0.1) is 0 Å². The Kier molecular flexibility index (Phi) is 3.34. The topological polar surface area (TPSA) is 85.8 Å². The smallest absolute Gasteiger partial charge is 0.227 e. The molecule has 7 heteroatoms. The molecule has 0 fully saturated rings. The van der Waals surface area contributed by atoms with Crippen molar-refractivity contribution in [3.05, 3.63) is 36.9 Å². The number of nitrogens with one attached hydrogen (secondary N) is 1. The highest BCUT2D eigenvalue weighted by Crippen LogP contribution is 2.27. The van der Waals surface area contributed by atoms with Crippen molar-refractivity contribution in [2.45, 2.75) is 13.0 Å². The van der Waals surface area contributed by atoms with Gasteiger partial charge in [0.1, 0.15) is 0 Å². The van der Waals surface area contributed by atoms with Gasteiger partial charge in [-0.05, 0) is 18.2 Å². The van der Waals surface area contributed by atoms with Crippen molar-refractivity contribution in [2.24, 2.45) is 0 Å². The lowest BCUT2D eigenvalue weighted by atomic mass is 10.3. The van der Waals surface area contributed by atoms with Gasteiger partial charge in [0.05, 0.1) is 16.5 Å². The van der Waals surface area contributed by atoms with E-state index in [2.05, 4.69) is 15.3 Å². The van der Waals surface area contributed by atoms with Crippen LogP contribution in [0.4, 0.5) is 10.8 Å². The van der Waals surface area contributed by atoms with Crippen molar-refractivity contribution >= 4 is 38.3 Å². The fourth-order valence-corrected chi connectivity index (χ4v) is 2.76. The van der Waals surface area contributed by atoms with Gasteiger partial charge in [0.15, 0.2) is 5.13 Å². The molecule has 0 unspecified atom stereocenters. The maximum Gasteiger partial charge on any atom is 0.227 e. The number of imidazole rings is 1. The fraction of sp³-hybridized carbons (Fsp3) is 0.154. The number of aromatic nitrogens is 3. The molecule has 1 amide bonds. The van der Waals surface area contributed by atoms with Crippen LogP contribution in [-0.2, 0) is 11.3 Å². The molecular formula is C13H13N5OS. The predicted octanol–water partition coefficient (Wildman–Crippen LogP) is 2.10. The number of nitrogens with zero attached hydrogens (tertiary/aromatic N) is 3. The minimum Gasteiger partial charge on any atom is -0.399 e. The SMILES string of the molecule is Nc1ccc2nc(NC(=O)CCn3ccnc3)sc2c1. The number of nitrogens with two attached hydrogens (primary N) is 1. The quantitative estimate of drug-likeness (QED) is 0.720. The van der Waals surface area contributed by atoms with Gasteiger partial charge in [-0.25, -0.2) is 9.97 Å². The first-order chi connectivity index (χ1) is 9.70. The van der Waals surface area contributed by atoms with Crippen LogP contribution in [-0.4, -0.2) is 20.4 Å². The Balaban J connectivity index is 1.65. The second-order valence-corrected chi connectivity index (χ2v) is 5.38. The van der Waals surface area contributed by atoms with Gasteiger partial charge in [0, 0.05) is 31.0 Å². The summed E-state index contributed by atoms with van der Waals surface area (Å²) in [5, 5.41) is 3.41. The number of rotatable bonds is 4. The summed E-state index contributed by atoms with van der Waals surface area (Å²) < 4.78 is 2.83. The molecule has 0 atom stereocenters. The van der Waals surface area contributed by atoms with Gasteiger partial charge in [-0.15, -0.1) is 0 Å². The highest BCUT2D eigenvalue weighted by atomic mass is 32.1. The van der Waals surface area contributed by atoms with E-state index in [0.717, 1.165) is 10.2 Å². The zero-order chi connectivity index (χ0) is 13.9. The first-order valence-corrected chi connectivity index (χ1v) is 6.94. The number of amides is 1. The molecule has 0 saturated heterocycles. The van der Waals surface area contributed by atoms with E-state index in [0.29, 0.717) is 23.8 Å². The molecule has 3 N–H and O–H groups in total. The maximum absolute atomic E-state index is 11.8. The molecule has 102 valence electrons. The largest absolute Gasteiger partial charge is 0.399 e. The molecule has 0 spiro atoms. The van der Waals surface area contributed by atoms with Crippen LogP contribution in [0.3, 0.4) is 0 Å². The molecule has 1 aromatic carbocycles. The predicted molar refractivity (Wildman–Crippen MR) is 79.5 cm³/mol. The zero-order valence-electron chi connectivity index (χ0n) is 10.6. The van der Waals surface area contributed by atoms with Gasteiger partial charge in [-0.1, -0.05) is 11.3 Å². The summed E-state index contributed by atoms with van der Waals surface area (Å²) in [6.07, 6.45) is 5.59. The van der Waals surface area contributed by atoms with Crippen molar-refractivity contribution in [3.8, 4) is 0 Å². The van der Waals surface area contributed by atoms with Gasteiger partial charge in [-0.2, -0.15) is 0 Å². The molecule has 0 saturated carbocycles. The van der Waals surface area contributed by atoms with E-state index in [1.807, 2.05) is 22.9 Å².